The number of methoxy groups -OCH3 is 1. The Hall–Kier alpha value is -2.51. The Balaban J connectivity index is 1.81. The minimum atomic E-state index is -4.09. The number of hydrogen-bond donors (Lipinski definition) is 1. The van der Waals surface area contributed by atoms with Gasteiger partial charge in [0.1, 0.15) is 11.8 Å². The van der Waals surface area contributed by atoms with Crippen molar-refractivity contribution in [1.29, 1.82) is 0 Å². The third kappa shape index (κ3) is 5.64. The van der Waals surface area contributed by atoms with Crippen molar-refractivity contribution in [2.24, 2.45) is 0 Å². The largest absolute Gasteiger partial charge is 0.497 e. The molecule has 0 radical (unpaired) electrons. The van der Waals surface area contributed by atoms with Crippen LogP contribution >= 0.6 is 0 Å². The van der Waals surface area contributed by atoms with E-state index in [1.807, 2.05) is 18.2 Å². The summed E-state index contributed by atoms with van der Waals surface area (Å²) in [6.07, 6.45) is 1.02. The molecular formula is C20H25N3O7S2. The zero-order chi connectivity index (χ0) is 23.4. The molecule has 3 rings (SSSR count). The van der Waals surface area contributed by atoms with Gasteiger partial charge < -0.3 is 4.74 Å². The number of amides is 1. The predicted octanol–water partition coefficient (Wildman–Crippen LogP) is 0.578. The molecule has 12 heteroatoms. The molecule has 1 fully saturated rings. The summed E-state index contributed by atoms with van der Waals surface area (Å²) in [7, 11) is -6.25. The molecule has 0 unspecified atom stereocenters. The van der Waals surface area contributed by atoms with E-state index in [0.717, 1.165) is 20.4 Å². The zero-order valence-electron chi connectivity index (χ0n) is 17.7. The van der Waals surface area contributed by atoms with Crippen molar-refractivity contribution in [3.05, 3.63) is 60.2 Å². The number of nitrogens with zero attached hydrogens (tertiary/aromatic N) is 2. The number of piperazine rings is 1. The average Bonchev–Trinajstić information content (AvgIpc) is 2.78. The summed E-state index contributed by atoms with van der Waals surface area (Å²) in [6.45, 7) is -0.504. The van der Waals surface area contributed by atoms with E-state index in [2.05, 4.69) is 5.48 Å². The minimum absolute atomic E-state index is 0.0332. The summed E-state index contributed by atoms with van der Waals surface area (Å²) in [5.41, 5.74) is 3.06. The third-order valence-electron chi connectivity index (χ3n) is 4.99. The van der Waals surface area contributed by atoms with Gasteiger partial charge in [0.2, 0.25) is 20.0 Å². The van der Waals surface area contributed by atoms with Gasteiger partial charge in [0.25, 0.3) is 5.91 Å². The van der Waals surface area contributed by atoms with Crippen molar-refractivity contribution in [2.75, 3.05) is 33.0 Å². The molecule has 2 aromatic rings. The number of carbonyl (C=O) groups is 1. The van der Waals surface area contributed by atoms with Crippen molar-refractivity contribution >= 4 is 26.0 Å². The van der Waals surface area contributed by atoms with Crippen LogP contribution in [0.15, 0.2) is 59.5 Å². The second kappa shape index (κ2) is 9.96. The summed E-state index contributed by atoms with van der Waals surface area (Å²) in [6, 6.07) is 13.5. The normalized spacial score (nSPS) is 18.2. The fourth-order valence-electron chi connectivity index (χ4n) is 3.26. The highest BCUT2D eigenvalue weighted by Gasteiger charge is 2.42. The number of nitrogens with one attached hydrogen (secondary N) is 1. The second-order valence-corrected chi connectivity index (χ2v) is 11.0. The number of carbonyl (C=O) groups excluding carboxylic acids is 1. The number of ether oxygens (including phenoxy) is 1. The van der Waals surface area contributed by atoms with E-state index in [-0.39, 0.29) is 31.1 Å². The summed E-state index contributed by atoms with van der Waals surface area (Å²) < 4.78 is 57.7. The number of benzene rings is 2. The van der Waals surface area contributed by atoms with Gasteiger partial charge in [-0.15, -0.1) is 0 Å². The average molecular weight is 484 g/mol. The number of sulfonamides is 2. The van der Waals surface area contributed by atoms with E-state index < -0.39 is 32.0 Å². The van der Waals surface area contributed by atoms with Crippen LogP contribution < -0.4 is 10.2 Å². The molecule has 1 aliphatic rings. The highest BCUT2D eigenvalue weighted by Crippen LogP contribution is 2.24. The van der Waals surface area contributed by atoms with Gasteiger partial charge in [-0.1, -0.05) is 30.3 Å². The summed E-state index contributed by atoms with van der Waals surface area (Å²) in [4.78, 5) is 18.1. The lowest BCUT2D eigenvalue weighted by molar-refractivity contribution is -0.139. The second-order valence-electron chi connectivity index (χ2n) is 7.17. The lowest BCUT2D eigenvalue weighted by Gasteiger charge is -2.38. The maximum Gasteiger partial charge on any atom is 0.263 e. The first-order chi connectivity index (χ1) is 15.1. The molecule has 1 aliphatic heterocycles. The van der Waals surface area contributed by atoms with Gasteiger partial charge in [-0.05, 0) is 29.8 Å². The zero-order valence-corrected chi connectivity index (χ0v) is 19.3. The quantitative estimate of drug-likeness (QED) is 0.545. The lowest BCUT2D eigenvalue weighted by atomic mass is 10.2. The molecule has 1 amide bonds. The Morgan fingerprint density at radius 2 is 1.69 bits per heavy atom. The van der Waals surface area contributed by atoms with Crippen molar-refractivity contribution in [1.82, 2.24) is 14.1 Å². The smallest absolute Gasteiger partial charge is 0.263 e. The predicted molar refractivity (Wildman–Crippen MR) is 116 cm³/mol. The fraction of sp³-hybridized carbons (Fsp3) is 0.350. The first-order valence-corrected chi connectivity index (χ1v) is 13.0. The topological polar surface area (TPSA) is 122 Å². The van der Waals surface area contributed by atoms with Gasteiger partial charge >= 0.3 is 0 Å². The fourth-order valence-corrected chi connectivity index (χ4v) is 5.66. The number of rotatable bonds is 8. The molecule has 1 heterocycles. The lowest BCUT2D eigenvalue weighted by Crippen LogP contribution is -2.61. The SMILES string of the molecule is COc1ccc(S(=O)(=O)N2CCN(S(C)(=O)=O)C[C@@H]2C(=O)NOCc2ccccc2)cc1. The molecule has 174 valence electrons. The number of hydroxylamine groups is 1. The van der Waals surface area contributed by atoms with Crippen LogP contribution in [0.2, 0.25) is 0 Å². The van der Waals surface area contributed by atoms with E-state index in [9.17, 15) is 21.6 Å². The van der Waals surface area contributed by atoms with Crippen LogP contribution in [0, 0.1) is 0 Å². The minimum Gasteiger partial charge on any atom is -0.497 e. The van der Waals surface area contributed by atoms with E-state index >= 15 is 0 Å². The van der Waals surface area contributed by atoms with Crippen molar-refractivity contribution in [2.45, 2.75) is 17.5 Å². The molecule has 0 bridgehead atoms. The molecule has 1 N–H and O–H groups in total. The maximum atomic E-state index is 13.2. The Labute approximate surface area is 187 Å². The van der Waals surface area contributed by atoms with Crippen molar-refractivity contribution in [3.8, 4) is 5.75 Å². The maximum absolute atomic E-state index is 13.2. The highest BCUT2D eigenvalue weighted by atomic mass is 32.2. The van der Waals surface area contributed by atoms with Crippen LogP contribution in [0.1, 0.15) is 5.56 Å². The molecule has 32 heavy (non-hydrogen) atoms. The van der Waals surface area contributed by atoms with Crippen LogP contribution in [-0.2, 0) is 36.3 Å². The van der Waals surface area contributed by atoms with Gasteiger partial charge in [-0.3, -0.25) is 9.63 Å². The molecule has 0 aliphatic carbocycles. The molecular weight excluding hydrogens is 458 g/mol. The summed E-state index contributed by atoms with van der Waals surface area (Å²) >= 11 is 0. The molecule has 0 aromatic heterocycles. The first-order valence-electron chi connectivity index (χ1n) is 9.69. The molecule has 1 saturated heterocycles. The molecule has 0 saturated carbocycles. The van der Waals surface area contributed by atoms with Crippen LogP contribution in [0.25, 0.3) is 0 Å². The van der Waals surface area contributed by atoms with Gasteiger partial charge in [0.15, 0.2) is 0 Å². The molecule has 0 spiro atoms. The molecule has 2 aromatic carbocycles. The van der Waals surface area contributed by atoms with Crippen LogP contribution in [0.3, 0.4) is 0 Å². The van der Waals surface area contributed by atoms with Gasteiger partial charge in [0.05, 0.1) is 24.9 Å². The molecule has 10 nitrogen and oxygen atoms in total. The van der Waals surface area contributed by atoms with Crippen molar-refractivity contribution in [3.63, 3.8) is 0 Å². The Morgan fingerprint density at radius 3 is 2.28 bits per heavy atom. The van der Waals surface area contributed by atoms with Crippen LogP contribution in [-0.4, -0.2) is 70.4 Å². The van der Waals surface area contributed by atoms with Gasteiger partial charge in [0, 0.05) is 19.6 Å². The Kier molecular flexibility index (Phi) is 7.51. The van der Waals surface area contributed by atoms with Crippen molar-refractivity contribution < 1.29 is 31.2 Å². The Morgan fingerprint density at radius 1 is 1.03 bits per heavy atom. The van der Waals surface area contributed by atoms with Crippen LogP contribution in [0.5, 0.6) is 5.75 Å². The highest BCUT2D eigenvalue weighted by molar-refractivity contribution is 7.89. The van der Waals surface area contributed by atoms with Gasteiger partial charge in [-0.2, -0.15) is 8.61 Å². The van der Waals surface area contributed by atoms with E-state index in [1.165, 1.54) is 31.4 Å². The molecule has 1 atom stereocenters. The van der Waals surface area contributed by atoms with Crippen LogP contribution in [0.4, 0.5) is 0 Å². The summed E-state index contributed by atoms with van der Waals surface area (Å²) in [5, 5.41) is 0. The standard InChI is InChI=1S/C20H25N3O7S2/c1-29-17-8-10-18(11-9-17)32(27,28)23-13-12-22(31(2,25)26)14-19(23)20(24)21-30-15-16-6-4-3-5-7-16/h3-11,19H,12-15H2,1-2H3,(H,21,24)/t19-/m1/s1. The first kappa shape index (κ1) is 24.1. The monoisotopic (exact) mass is 483 g/mol. The number of hydrogen-bond acceptors (Lipinski definition) is 7. The third-order valence-corrected chi connectivity index (χ3v) is 8.18. The van der Waals surface area contributed by atoms with Gasteiger partial charge in [-0.25, -0.2) is 22.3 Å². The van der Waals surface area contributed by atoms with E-state index in [1.54, 1.807) is 12.1 Å². The van der Waals surface area contributed by atoms with E-state index in [4.69, 9.17) is 9.57 Å². The summed E-state index contributed by atoms with van der Waals surface area (Å²) in [5.74, 6) is -0.277. The Bertz CT molecular complexity index is 1140. The van der Waals surface area contributed by atoms with E-state index in [0.29, 0.717) is 5.75 Å².